The van der Waals surface area contributed by atoms with Gasteiger partial charge in [-0.2, -0.15) is 12.6 Å². The van der Waals surface area contributed by atoms with Gasteiger partial charge in [0.25, 0.3) is 5.91 Å². The van der Waals surface area contributed by atoms with E-state index in [0.717, 1.165) is 5.56 Å². The number of hydrogen-bond acceptors (Lipinski definition) is 8. The summed E-state index contributed by atoms with van der Waals surface area (Å²) >= 11 is 4.03. The lowest BCUT2D eigenvalue weighted by molar-refractivity contribution is -0.386. The van der Waals surface area contributed by atoms with Crippen molar-refractivity contribution in [2.75, 3.05) is 12.4 Å². The third kappa shape index (κ3) is 5.49. The molecule has 0 unspecified atom stereocenters. The molecule has 0 saturated carbocycles. The monoisotopic (exact) mass is 408 g/mol. The van der Waals surface area contributed by atoms with E-state index in [1.165, 1.54) is 24.3 Å². The van der Waals surface area contributed by atoms with E-state index in [1.807, 2.05) is 0 Å². The Morgan fingerprint density at radius 1 is 1.32 bits per heavy atom. The summed E-state index contributed by atoms with van der Waals surface area (Å²) in [5.41, 5.74) is 0.576. The van der Waals surface area contributed by atoms with Gasteiger partial charge in [-0.15, -0.1) is 0 Å². The maximum absolute atomic E-state index is 12.2. The summed E-state index contributed by atoms with van der Waals surface area (Å²) < 4.78 is 15.7. The molecule has 1 aromatic carbocycles. The molecular weight excluding hydrogens is 388 g/mol. The smallest absolute Gasteiger partial charge is 0.329 e. The molecular formula is C18H20N2O7S. The van der Waals surface area contributed by atoms with E-state index in [9.17, 15) is 19.7 Å². The SMILES string of the molecule is CCOC(=O)[C@H](CS)NC(=O)c1ccc(COc2ccc(C)cc2[N+](=O)[O-])o1. The van der Waals surface area contributed by atoms with Crippen LogP contribution in [0, 0.1) is 17.0 Å². The van der Waals surface area contributed by atoms with E-state index in [-0.39, 0.29) is 36.2 Å². The first kappa shape index (κ1) is 21.3. The molecule has 0 fully saturated rings. The molecule has 10 heteroatoms. The van der Waals surface area contributed by atoms with Crippen LogP contribution in [0.1, 0.15) is 28.8 Å². The van der Waals surface area contributed by atoms with E-state index in [0.29, 0.717) is 5.76 Å². The zero-order valence-electron chi connectivity index (χ0n) is 15.3. The molecule has 0 spiro atoms. The quantitative estimate of drug-likeness (QED) is 0.283. The summed E-state index contributed by atoms with van der Waals surface area (Å²) in [5.74, 6) is -0.785. The maximum Gasteiger partial charge on any atom is 0.329 e. The summed E-state index contributed by atoms with van der Waals surface area (Å²) in [6.07, 6.45) is 0. The molecule has 0 bridgehead atoms. The van der Waals surface area contributed by atoms with Crippen LogP contribution in [0.3, 0.4) is 0 Å². The van der Waals surface area contributed by atoms with Gasteiger partial charge >= 0.3 is 11.7 Å². The van der Waals surface area contributed by atoms with Crippen LogP contribution in [-0.4, -0.2) is 35.2 Å². The average Bonchev–Trinajstić information content (AvgIpc) is 3.14. The minimum absolute atomic E-state index is 0.0342. The van der Waals surface area contributed by atoms with Crippen LogP contribution in [0.15, 0.2) is 34.7 Å². The highest BCUT2D eigenvalue weighted by Crippen LogP contribution is 2.28. The van der Waals surface area contributed by atoms with Crippen LogP contribution in [-0.2, 0) is 16.1 Å². The number of furan rings is 1. The number of ether oxygens (including phenoxy) is 2. The number of nitro groups is 1. The van der Waals surface area contributed by atoms with E-state index >= 15 is 0 Å². The van der Waals surface area contributed by atoms with Crippen molar-refractivity contribution in [1.29, 1.82) is 0 Å². The molecule has 0 aliphatic rings. The molecule has 2 aromatic rings. The Morgan fingerprint density at radius 3 is 2.71 bits per heavy atom. The van der Waals surface area contributed by atoms with Crippen molar-refractivity contribution in [2.24, 2.45) is 0 Å². The topological polar surface area (TPSA) is 121 Å². The highest BCUT2D eigenvalue weighted by Gasteiger charge is 2.23. The van der Waals surface area contributed by atoms with Gasteiger partial charge in [-0.3, -0.25) is 14.9 Å². The van der Waals surface area contributed by atoms with Crippen molar-refractivity contribution < 1.29 is 28.4 Å². The minimum Gasteiger partial charge on any atom is -0.479 e. The maximum atomic E-state index is 12.2. The fourth-order valence-corrected chi connectivity index (χ4v) is 2.51. The predicted molar refractivity (Wildman–Crippen MR) is 103 cm³/mol. The number of amides is 1. The molecule has 1 atom stereocenters. The molecule has 0 saturated heterocycles. The van der Waals surface area contributed by atoms with Gasteiger partial charge in [-0.25, -0.2) is 4.79 Å². The zero-order chi connectivity index (χ0) is 20.7. The number of carbonyl (C=O) groups is 2. The molecule has 2 rings (SSSR count). The Bertz CT molecular complexity index is 865. The van der Waals surface area contributed by atoms with Gasteiger partial charge in [0.1, 0.15) is 18.4 Å². The highest BCUT2D eigenvalue weighted by molar-refractivity contribution is 7.80. The summed E-state index contributed by atoms with van der Waals surface area (Å²) in [5, 5.41) is 13.6. The first-order valence-electron chi connectivity index (χ1n) is 8.40. The molecule has 0 aliphatic carbocycles. The number of benzene rings is 1. The zero-order valence-corrected chi connectivity index (χ0v) is 16.2. The lowest BCUT2D eigenvalue weighted by Gasteiger charge is -2.13. The summed E-state index contributed by atoms with van der Waals surface area (Å²) in [6, 6.07) is 6.61. The van der Waals surface area contributed by atoms with Crippen LogP contribution in [0.4, 0.5) is 5.69 Å². The van der Waals surface area contributed by atoms with Crippen LogP contribution in [0.2, 0.25) is 0 Å². The number of nitrogens with one attached hydrogen (secondary N) is 1. The van der Waals surface area contributed by atoms with Gasteiger partial charge < -0.3 is 19.2 Å². The van der Waals surface area contributed by atoms with Crippen molar-refractivity contribution in [3.05, 3.63) is 57.5 Å². The number of rotatable bonds is 9. The third-order valence-electron chi connectivity index (χ3n) is 3.63. The molecule has 1 amide bonds. The molecule has 1 N–H and O–H groups in total. The molecule has 0 aliphatic heterocycles. The largest absolute Gasteiger partial charge is 0.479 e. The minimum atomic E-state index is -0.907. The Labute approximate surface area is 166 Å². The van der Waals surface area contributed by atoms with Crippen molar-refractivity contribution >= 4 is 30.2 Å². The molecule has 1 aromatic heterocycles. The highest BCUT2D eigenvalue weighted by atomic mass is 32.1. The number of nitro benzene ring substituents is 1. The number of esters is 1. The van der Waals surface area contributed by atoms with Gasteiger partial charge in [0, 0.05) is 11.8 Å². The first-order chi connectivity index (χ1) is 13.3. The van der Waals surface area contributed by atoms with Crippen LogP contribution in [0.5, 0.6) is 5.75 Å². The van der Waals surface area contributed by atoms with E-state index in [1.54, 1.807) is 19.9 Å². The number of aryl methyl sites for hydroxylation is 1. The predicted octanol–water partition coefficient (Wildman–Crippen LogP) is 2.67. The van der Waals surface area contributed by atoms with Crippen LogP contribution < -0.4 is 10.1 Å². The van der Waals surface area contributed by atoms with Crippen molar-refractivity contribution in [2.45, 2.75) is 26.5 Å². The fraction of sp³-hybridized carbons (Fsp3) is 0.333. The normalized spacial score (nSPS) is 11.5. The Hall–Kier alpha value is -3.01. The molecule has 0 radical (unpaired) electrons. The lowest BCUT2D eigenvalue weighted by atomic mass is 10.2. The molecule has 150 valence electrons. The van der Waals surface area contributed by atoms with Gasteiger partial charge in [-0.05, 0) is 37.6 Å². The second-order valence-corrected chi connectivity index (χ2v) is 6.11. The second-order valence-electron chi connectivity index (χ2n) is 5.74. The Morgan fingerprint density at radius 2 is 2.07 bits per heavy atom. The Balaban J connectivity index is 2.01. The van der Waals surface area contributed by atoms with Gasteiger partial charge in [0.05, 0.1) is 11.5 Å². The van der Waals surface area contributed by atoms with Gasteiger partial charge in [0.15, 0.2) is 11.5 Å². The Kier molecular flexibility index (Phi) is 7.44. The first-order valence-corrected chi connectivity index (χ1v) is 9.03. The lowest BCUT2D eigenvalue weighted by Crippen LogP contribution is -2.43. The molecule has 9 nitrogen and oxygen atoms in total. The third-order valence-corrected chi connectivity index (χ3v) is 3.99. The number of thiol groups is 1. The van der Waals surface area contributed by atoms with Gasteiger partial charge in [0.2, 0.25) is 0 Å². The van der Waals surface area contributed by atoms with Crippen LogP contribution >= 0.6 is 12.6 Å². The standard InChI is InChI=1S/C18H20N2O7S/c1-3-25-18(22)13(10-28)19-17(21)16-7-5-12(27-16)9-26-15-6-4-11(2)8-14(15)20(23)24/h4-8,13,28H,3,9-10H2,1-2H3,(H,19,21)/t13-/m0/s1. The molecule has 1 heterocycles. The van der Waals surface area contributed by atoms with E-state index < -0.39 is 22.8 Å². The summed E-state index contributed by atoms with van der Waals surface area (Å²) in [6.45, 7) is 3.48. The van der Waals surface area contributed by atoms with Crippen LogP contribution in [0.25, 0.3) is 0 Å². The summed E-state index contributed by atoms with van der Waals surface area (Å²) in [7, 11) is 0. The van der Waals surface area contributed by atoms with E-state index in [4.69, 9.17) is 13.9 Å². The number of nitrogens with zero attached hydrogens (tertiary/aromatic N) is 1. The molecule has 28 heavy (non-hydrogen) atoms. The van der Waals surface area contributed by atoms with Crippen molar-refractivity contribution in [1.82, 2.24) is 5.32 Å². The number of carbonyl (C=O) groups excluding carboxylic acids is 2. The van der Waals surface area contributed by atoms with E-state index in [2.05, 4.69) is 17.9 Å². The second kappa shape index (κ2) is 9.79. The average molecular weight is 408 g/mol. The fourth-order valence-electron chi connectivity index (χ4n) is 2.27. The summed E-state index contributed by atoms with van der Waals surface area (Å²) in [4.78, 5) is 34.5. The van der Waals surface area contributed by atoms with Crippen molar-refractivity contribution in [3.8, 4) is 5.75 Å². The van der Waals surface area contributed by atoms with Crippen molar-refractivity contribution in [3.63, 3.8) is 0 Å². The number of hydrogen-bond donors (Lipinski definition) is 2. The van der Waals surface area contributed by atoms with Gasteiger partial charge in [-0.1, -0.05) is 6.07 Å².